The monoisotopic (exact) mass is 291 g/mol. The molecule has 4 nitrogen and oxygen atoms in total. The van der Waals surface area contributed by atoms with Crippen LogP contribution in [0.5, 0.6) is 0 Å². The van der Waals surface area contributed by atoms with E-state index in [-0.39, 0.29) is 23.5 Å². The molecular formula is C16H18FNO3. The van der Waals surface area contributed by atoms with Gasteiger partial charge in [-0.3, -0.25) is 9.59 Å². The SMILES string of the molecule is CCC(C)n1c(C)c(CC(=O)O)c(=O)c2ccc(F)cc21. The maximum absolute atomic E-state index is 13.5. The number of rotatable bonds is 4. The standard InChI is InChI=1S/C16H18FNO3/c1-4-9(2)18-10(3)13(8-15(19)20)16(21)12-6-5-11(17)7-14(12)18/h5-7,9H,4,8H2,1-3H3,(H,19,20). The van der Waals surface area contributed by atoms with Gasteiger partial charge in [0, 0.05) is 22.7 Å². The number of pyridine rings is 1. The van der Waals surface area contributed by atoms with Crippen molar-refractivity contribution in [1.29, 1.82) is 0 Å². The number of fused-ring (bicyclic) bond motifs is 1. The van der Waals surface area contributed by atoms with Crippen LogP contribution in [0.2, 0.25) is 0 Å². The van der Waals surface area contributed by atoms with Gasteiger partial charge in [0.1, 0.15) is 5.82 Å². The van der Waals surface area contributed by atoms with Gasteiger partial charge in [0.05, 0.1) is 11.9 Å². The van der Waals surface area contributed by atoms with Crippen LogP contribution in [0.3, 0.4) is 0 Å². The van der Waals surface area contributed by atoms with E-state index in [1.165, 1.54) is 18.2 Å². The number of hydrogen-bond acceptors (Lipinski definition) is 2. The third-order valence-corrected chi connectivity index (χ3v) is 3.90. The lowest BCUT2D eigenvalue weighted by Gasteiger charge is -2.22. The summed E-state index contributed by atoms with van der Waals surface area (Å²) < 4.78 is 15.4. The lowest BCUT2D eigenvalue weighted by molar-refractivity contribution is -0.136. The van der Waals surface area contributed by atoms with Crippen LogP contribution in [0.4, 0.5) is 4.39 Å². The maximum Gasteiger partial charge on any atom is 0.308 e. The predicted octanol–water partition coefficient (Wildman–Crippen LogP) is 3.05. The van der Waals surface area contributed by atoms with Crippen molar-refractivity contribution in [3.63, 3.8) is 0 Å². The number of hydrogen-bond donors (Lipinski definition) is 1. The van der Waals surface area contributed by atoms with Crippen LogP contribution < -0.4 is 5.43 Å². The molecule has 0 fully saturated rings. The van der Waals surface area contributed by atoms with Gasteiger partial charge in [-0.05, 0) is 38.5 Å². The number of nitrogens with zero attached hydrogens (tertiary/aromatic N) is 1. The smallest absolute Gasteiger partial charge is 0.308 e. The fourth-order valence-corrected chi connectivity index (χ4v) is 2.66. The van der Waals surface area contributed by atoms with Crippen molar-refractivity contribution < 1.29 is 14.3 Å². The van der Waals surface area contributed by atoms with Gasteiger partial charge in [-0.25, -0.2) is 4.39 Å². The van der Waals surface area contributed by atoms with Crippen molar-refractivity contribution in [1.82, 2.24) is 4.57 Å². The zero-order valence-corrected chi connectivity index (χ0v) is 12.3. The highest BCUT2D eigenvalue weighted by Crippen LogP contribution is 2.23. The topological polar surface area (TPSA) is 59.3 Å². The van der Waals surface area contributed by atoms with Gasteiger partial charge in [0.2, 0.25) is 0 Å². The van der Waals surface area contributed by atoms with Gasteiger partial charge < -0.3 is 9.67 Å². The summed E-state index contributed by atoms with van der Waals surface area (Å²) in [6.07, 6.45) is 0.469. The van der Waals surface area contributed by atoms with Gasteiger partial charge in [0.25, 0.3) is 0 Å². The number of benzene rings is 1. The summed E-state index contributed by atoms with van der Waals surface area (Å²) in [6, 6.07) is 4.03. The van der Waals surface area contributed by atoms with E-state index < -0.39 is 11.8 Å². The molecule has 1 atom stereocenters. The summed E-state index contributed by atoms with van der Waals surface area (Å²) in [4.78, 5) is 23.5. The Bertz CT molecular complexity index is 764. The molecule has 0 bridgehead atoms. The second-order valence-electron chi connectivity index (χ2n) is 5.25. The Balaban J connectivity index is 2.92. The Morgan fingerprint density at radius 3 is 2.67 bits per heavy atom. The van der Waals surface area contributed by atoms with Gasteiger partial charge in [-0.15, -0.1) is 0 Å². The predicted molar refractivity (Wildman–Crippen MR) is 79.2 cm³/mol. The molecule has 0 aliphatic rings. The molecule has 1 aromatic heterocycles. The minimum atomic E-state index is -1.05. The summed E-state index contributed by atoms with van der Waals surface area (Å²) in [5.41, 5.74) is 1.04. The van der Waals surface area contributed by atoms with Crippen molar-refractivity contribution in [3.05, 3.63) is 45.5 Å². The van der Waals surface area contributed by atoms with Crippen LogP contribution in [-0.4, -0.2) is 15.6 Å². The lowest BCUT2D eigenvalue weighted by Crippen LogP contribution is -2.23. The van der Waals surface area contributed by atoms with E-state index in [9.17, 15) is 14.0 Å². The first kappa shape index (κ1) is 15.2. The first-order valence-electron chi connectivity index (χ1n) is 6.91. The molecule has 1 aromatic carbocycles. The second-order valence-corrected chi connectivity index (χ2v) is 5.25. The minimum absolute atomic E-state index is 0.0439. The molecule has 0 aliphatic carbocycles. The van der Waals surface area contributed by atoms with Crippen molar-refractivity contribution in [2.24, 2.45) is 0 Å². The summed E-state index contributed by atoms with van der Waals surface area (Å²) in [7, 11) is 0. The zero-order valence-electron chi connectivity index (χ0n) is 12.3. The average molecular weight is 291 g/mol. The van der Waals surface area contributed by atoms with Gasteiger partial charge in [-0.2, -0.15) is 0 Å². The Morgan fingerprint density at radius 1 is 1.43 bits per heavy atom. The highest BCUT2D eigenvalue weighted by Gasteiger charge is 2.18. The number of carbonyl (C=O) groups is 1. The molecule has 0 radical (unpaired) electrons. The normalized spacial score (nSPS) is 12.6. The number of halogens is 1. The van der Waals surface area contributed by atoms with Crippen molar-refractivity contribution >= 4 is 16.9 Å². The summed E-state index contributed by atoms with van der Waals surface area (Å²) in [5, 5.41) is 9.37. The van der Waals surface area contributed by atoms with Crippen LogP contribution >= 0.6 is 0 Å². The number of aromatic nitrogens is 1. The third-order valence-electron chi connectivity index (χ3n) is 3.90. The van der Waals surface area contributed by atoms with Gasteiger partial charge >= 0.3 is 5.97 Å². The Hall–Kier alpha value is -2.17. The van der Waals surface area contributed by atoms with Gasteiger partial charge in [-0.1, -0.05) is 6.92 Å². The molecule has 0 aliphatic heterocycles. The quantitative estimate of drug-likeness (QED) is 0.942. The first-order valence-corrected chi connectivity index (χ1v) is 6.91. The Morgan fingerprint density at radius 2 is 2.10 bits per heavy atom. The van der Waals surface area contributed by atoms with E-state index in [1.807, 2.05) is 18.4 Å². The Kier molecular flexibility index (Phi) is 4.11. The van der Waals surface area contributed by atoms with Crippen LogP contribution in [-0.2, 0) is 11.2 Å². The molecule has 112 valence electrons. The molecule has 1 heterocycles. The fourth-order valence-electron chi connectivity index (χ4n) is 2.66. The highest BCUT2D eigenvalue weighted by molar-refractivity contribution is 5.82. The van der Waals surface area contributed by atoms with E-state index in [2.05, 4.69) is 0 Å². The van der Waals surface area contributed by atoms with E-state index in [1.54, 1.807) is 6.92 Å². The summed E-state index contributed by atoms with van der Waals surface area (Å²) in [5.74, 6) is -1.46. The average Bonchev–Trinajstić information content (AvgIpc) is 2.42. The first-order chi connectivity index (χ1) is 9.86. The third kappa shape index (κ3) is 2.68. The molecular weight excluding hydrogens is 273 g/mol. The second kappa shape index (κ2) is 5.68. The lowest BCUT2D eigenvalue weighted by atomic mass is 10.0. The number of carboxylic acids is 1. The molecule has 0 saturated carbocycles. The molecule has 2 rings (SSSR count). The van der Waals surface area contributed by atoms with Gasteiger partial charge in [0.15, 0.2) is 5.43 Å². The molecule has 0 spiro atoms. The largest absolute Gasteiger partial charge is 0.481 e. The van der Waals surface area contributed by atoms with Crippen LogP contribution in [0.25, 0.3) is 10.9 Å². The molecule has 2 aromatic rings. The van der Waals surface area contributed by atoms with E-state index >= 15 is 0 Å². The summed E-state index contributed by atoms with van der Waals surface area (Å²) in [6.45, 7) is 5.67. The minimum Gasteiger partial charge on any atom is -0.481 e. The van der Waals surface area contributed by atoms with Crippen LogP contribution in [0, 0.1) is 12.7 Å². The Labute approximate surface area is 121 Å². The van der Waals surface area contributed by atoms with Crippen molar-refractivity contribution in [3.8, 4) is 0 Å². The van der Waals surface area contributed by atoms with Crippen molar-refractivity contribution in [2.45, 2.75) is 39.7 Å². The maximum atomic E-state index is 13.5. The molecule has 0 amide bonds. The molecule has 5 heteroatoms. The fraction of sp³-hybridized carbons (Fsp3) is 0.375. The van der Waals surface area contributed by atoms with Crippen LogP contribution in [0.1, 0.15) is 37.6 Å². The van der Waals surface area contributed by atoms with E-state index in [4.69, 9.17) is 5.11 Å². The molecule has 0 saturated heterocycles. The molecule has 1 unspecified atom stereocenters. The van der Waals surface area contributed by atoms with E-state index in [0.717, 1.165) is 6.42 Å². The van der Waals surface area contributed by atoms with Crippen LogP contribution in [0.15, 0.2) is 23.0 Å². The van der Waals surface area contributed by atoms with Crippen molar-refractivity contribution in [2.75, 3.05) is 0 Å². The van der Waals surface area contributed by atoms with E-state index in [0.29, 0.717) is 16.6 Å². The summed E-state index contributed by atoms with van der Waals surface area (Å²) >= 11 is 0. The highest BCUT2D eigenvalue weighted by atomic mass is 19.1. The molecule has 21 heavy (non-hydrogen) atoms. The zero-order chi connectivity index (χ0) is 15.7. The number of aliphatic carboxylic acids is 1. The number of carboxylic acid groups (broad SMARTS) is 1. The molecule has 1 N–H and O–H groups in total.